The summed E-state index contributed by atoms with van der Waals surface area (Å²) in [5.41, 5.74) is 6.29. The van der Waals surface area contributed by atoms with Crippen molar-refractivity contribution in [3.05, 3.63) is 80.9 Å². The monoisotopic (exact) mass is 744 g/mol. The van der Waals surface area contributed by atoms with Crippen molar-refractivity contribution in [3.8, 4) is 11.1 Å². The minimum absolute atomic E-state index is 0.319. The summed E-state index contributed by atoms with van der Waals surface area (Å²) < 4.78 is 9.38. The highest BCUT2D eigenvalue weighted by molar-refractivity contribution is 6.40. The number of nitrogens with one attached hydrogen (secondary N) is 2. The van der Waals surface area contributed by atoms with Crippen molar-refractivity contribution in [1.29, 1.82) is 0 Å². The zero-order valence-electron chi connectivity index (χ0n) is 29.9. The Labute approximate surface area is 314 Å². The minimum Gasteiger partial charge on any atom is -0.381 e. The second-order valence-corrected chi connectivity index (χ2v) is 15.4. The molecular formula is C39H46Cl2N8O3. The summed E-state index contributed by atoms with van der Waals surface area (Å²) in [5, 5.41) is 6.67. The quantitative estimate of drug-likeness (QED) is 0.213. The molecule has 11 nitrogen and oxygen atoms in total. The van der Waals surface area contributed by atoms with Gasteiger partial charge in [0.05, 0.1) is 32.8 Å². The van der Waals surface area contributed by atoms with E-state index in [1.807, 2.05) is 47.5 Å². The third-order valence-corrected chi connectivity index (χ3v) is 12.4. The second kappa shape index (κ2) is 14.9. The van der Waals surface area contributed by atoms with Gasteiger partial charge in [-0.15, -0.1) is 0 Å². The number of imidazole rings is 2. The van der Waals surface area contributed by atoms with E-state index < -0.39 is 0 Å². The van der Waals surface area contributed by atoms with Gasteiger partial charge >= 0.3 is 0 Å². The molecule has 5 heterocycles. The summed E-state index contributed by atoms with van der Waals surface area (Å²) >= 11 is 13.9. The molecule has 0 bridgehead atoms. The number of benzene rings is 2. The number of amides is 2. The van der Waals surface area contributed by atoms with E-state index in [1.165, 1.54) is 32.1 Å². The summed E-state index contributed by atoms with van der Waals surface area (Å²) in [7, 11) is 3.81. The molecule has 3 aliphatic heterocycles. The molecule has 0 atom stereocenters. The van der Waals surface area contributed by atoms with Crippen molar-refractivity contribution in [2.75, 3.05) is 36.9 Å². The predicted octanol–water partition coefficient (Wildman–Crippen LogP) is 6.86. The summed E-state index contributed by atoms with van der Waals surface area (Å²) in [6, 6.07) is 12.0. The number of nitrogens with zero attached hydrogens (tertiary/aromatic N) is 6. The lowest BCUT2D eigenvalue weighted by atomic mass is 9.93. The standard InChI is InChI=1S/C39H46Cl2N8O3/c1-46-32-14-18-48(24-8-4-3-5-9-24)22-30(32)42-36(46)38(50)44-28-12-6-10-26(34(28)40)27-11-7-13-29(35(27)41)45-39(51)37-43-31-23-49(19-15-33(31)47(37)2)25-16-20-52-21-17-25/h6-7,10-13,24-25H,3-5,8-9,14-23H2,1-2H3,(H,44,50)(H,45,51). The molecule has 2 aromatic carbocycles. The van der Waals surface area contributed by atoms with E-state index in [1.54, 1.807) is 12.1 Å². The number of halogens is 2. The molecule has 1 saturated heterocycles. The number of aromatic nitrogens is 4. The summed E-state index contributed by atoms with van der Waals surface area (Å²) in [6.45, 7) is 5.02. The van der Waals surface area contributed by atoms with E-state index in [0.29, 0.717) is 56.3 Å². The van der Waals surface area contributed by atoms with Gasteiger partial charge in [0.15, 0.2) is 11.6 Å². The first-order chi connectivity index (χ1) is 25.3. The lowest BCUT2D eigenvalue weighted by Gasteiger charge is -2.36. The highest BCUT2D eigenvalue weighted by atomic mass is 35.5. The van der Waals surface area contributed by atoms with Crippen LogP contribution >= 0.6 is 23.2 Å². The van der Waals surface area contributed by atoms with Crippen LogP contribution in [-0.4, -0.2) is 79.1 Å². The van der Waals surface area contributed by atoms with Crippen LogP contribution in [0.15, 0.2) is 36.4 Å². The number of anilines is 2. The third kappa shape index (κ3) is 6.78. The Morgan fingerprint density at radius 3 is 1.63 bits per heavy atom. The highest BCUT2D eigenvalue weighted by Gasteiger charge is 2.32. The lowest BCUT2D eigenvalue weighted by Crippen LogP contribution is -2.42. The summed E-state index contributed by atoms with van der Waals surface area (Å²) in [4.78, 5) is 41.9. The Morgan fingerprint density at radius 2 is 1.15 bits per heavy atom. The maximum atomic E-state index is 13.7. The van der Waals surface area contributed by atoms with Crippen molar-refractivity contribution in [2.24, 2.45) is 14.1 Å². The fraction of sp³-hybridized carbons (Fsp3) is 0.487. The SMILES string of the molecule is Cn1c(C(=O)Nc2cccc(-c3cccc(NC(=O)c4nc5c(n4C)CCN(C4CCOCC4)C5)c3Cl)c2Cl)nc2c1CCN(C1CCCCC1)C2. The molecule has 0 radical (unpaired) electrons. The molecule has 0 spiro atoms. The molecule has 4 aromatic rings. The topological polar surface area (TPSA) is 110 Å². The van der Waals surface area contributed by atoms with Gasteiger partial charge in [0.1, 0.15) is 0 Å². The molecule has 2 fully saturated rings. The van der Waals surface area contributed by atoms with Crippen LogP contribution < -0.4 is 10.6 Å². The first kappa shape index (κ1) is 35.3. The van der Waals surface area contributed by atoms with Crippen molar-refractivity contribution in [3.63, 3.8) is 0 Å². The van der Waals surface area contributed by atoms with Crippen LogP contribution in [0.5, 0.6) is 0 Å². The second-order valence-electron chi connectivity index (χ2n) is 14.6. The number of carbonyl (C=O) groups excluding carboxylic acids is 2. The van der Waals surface area contributed by atoms with Gasteiger partial charge in [-0.1, -0.05) is 66.7 Å². The van der Waals surface area contributed by atoms with Gasteiger partial charge in [0, 0.05) is 101 Å². The predicted molar refractivity (Wildman–Crippen MR) is 203 cm³/mol. The normalized spacial score (nSPS) is 18.9. The lowest BCUT2D eigenvalue weighted by molar-refractivity contribution is 0.0283. The average molecular weight is 746 g/mol. The van der Waals surface area contributed by atoms with E-state index in [0.717, 1.165) is 87.9 Å². The maximum absolute atomic E-state index is 13.7. The van der Waals surface area contributed by atoms with Crippen LogP contribution in [0.2, 0.25) is 10.0 Å². The van der Waals surface area contributed by atoms with Gasteiger partial charge in [0.25, 0.3) is 11.8 Å². The average Bonchev–Trinajstić information content (AvgIpc) is 3.69. The molecule has 0 unspecified atom stereocenters. The molecule has 274 valence electrons. The third-order valence-electron chi connectivity index (χ3n) is 11.6. The number of rotatable bonds is 7. The van der Waals surface area contributed by atoms with Crippen molar-refractivity contribution >= 4 is 46.4 Å². The molecule has 1 saturated carbocycles. The maximum Gasteiger partial charge on any atom is 0.291 e. The molecule has 4 aliphatic rings. The van der Waals surface area contributed by atoms with Gasteiger partial charge in [0.2, 0.25) is 0 Å². The molecule has 2 N–H and O–H groups in total. The molecule has 1 aliphatic carbocycles. The summed E-state index contributed by atoms with van der Waals surface area (Å²) in [5.74, 6) is 0.0638. The van der Waals surface area contributed by atoms with Gasteiger partial charge in [-0.25, -0.2) is 9.97 Å². The van der Waals surface area contributed by atoms with Gasteiger partial charge in [-0.3, -0.25) is 19.4 Å². The molecule has 2 aromatic heterocycles. The number of fused-ring (bicyclic) bond motifs is 2. The number of ether oxygens (including phenoxy) is 1. The van der Waals surface area contributed by atoms with Crippen LogP contribution in [0.1, 0.15) is 89.0 Å². The highest BCUT2D eigenvalue weighted by Crippen LogP contribution is 2.40. The Bertz CT molecular complexity index is 1850. The fourth-order valence-corrected chi connectivity index (χ4v) is 9.20. The van der Waals surface area contributed by atoms with Crippen molar-refractivity contribution < 1.29 is 14.3 Å². The Morgan fingerprint density at radius 1 is 0.692 bits per heavy atom. The van der Waals surface area contributed by atoms with Crippen LogP contribution in [0.3, 0.4) is 0 Å². The largest absolute Gasteiger partial charge is 0.381 e. The van der Waals surface area contributed by atoms with Gasteiger partial charge in [-0.05, 0) is 37.8 Å². The van der Waals surface area contributed by atoms with E-state index in [9.17, 15) is 9.59 Å². The first-order valence-electron chi connectivity index (χ1n) is 18.6. The van der Waals surface area contributed by atoms with E-state index >= 15 is 0 Å². The molecule has 52 heavy (non-hydrogen) atoms. The van der Waals surface area contributed by atoms with Crippen LogP contribution in [0, 0.1) is 0 Å². The minimum atomic E-state index is -0.333. The van der Waals surface area contributed by atoms with E-state index in [2.05, 4.69) is 20.4 Å². The van der Waals surface area contributed by atoms with Crippen molar-refractivity contribution in [2.45, 2.75) is 83.0 Å². The smallest absolute Gasteiger partial charge is 0.291 e. The van der Waals surface area contributed by atoms with Crippen LogP contribution in [-0.2, 0) is 44.8 Å². The van der Waals surface area contributed by atoms with Crippen LogP contribution in [0.4, 0.5) is 11.4 Å². The number of hydrogen-bond donors (Lipinski definition) is 2. The van der Waals surface area contributed by atoms with Gasteiger partial charge < -0.3 is 24.5 Å². The first-order valence-corrected chi connectivity index (χ1v) is 19.4. The molecule has 8 rings (SSSR count). The number of hydrogen-bond acceptors (Lipinski definition) is 7. The van der Waals surface area contributed by atoms with Gasteiger partial charge in [-0.2, -0.15) is 0 Å². The van der Waals surface area contributed by atoms with Crippen LogP contribution in [0.25, 0.3) is 11.1 Å². The molecule has 13 heteroatoms. The summed E-state index contributed by atoms with van der Waals surface area (Å²) in [6.07, 6.45) is 10.1. The Kier molecular flexibility index (Phi) is 10.1. The molecule has 2 amide bonds. The zero-order valence-corrected chi connectivity index (χ0v) is 31.4. The zero-order chi connectivity index (χ0) is 35.9. The van der Waals surface area contributed by atoms with E-state index in [-0.39, 0.29) is 11.8 Å². The Balaban J connectivity index is 0.974. The fourth-order valence-electron chi connectivity index (χ4n) is 8.65. The van der Waals surface area contributed by atoms with E-state index in [4.69, 9.17) is 37.9 Å². The molecular weight excluding hydrogens is 699 g/mol. The number of carbonyl (C=O) groups is 2. The van der Waals surface area contributed by atoms with Crippen molar-refractivity contribution in [1.82, 2.24) is 28.9 Å². The Hall–Kier alpha value is -3.74.